The van der Waals surface area contributed by atoms with Crippen molar-refractivity contribution in [3.05, 3.63) is 41.6 Å². The summed E-state index contributed by atoms with van der Waals surface area (Å²) in [6, 6.07) is 7.92. The quantitative estimate of drug-likeness (QED) is 0.824. The van der Waals surface area contributed by atoms with Gasteiger partial charge in [0, 0.05) is 19.2 Å². The van der Waals surface area contributed by atoms with Gasteiger partial charge in [-0.2, -0.15) is 5.10 Å². The van der Waals surface area contributed by atoms with E-state index in [0.717, 1.165) is 18.7 Å². The molecule has 4 heteroatoms. The largest absolute Gasteiger partial charge is 0.493 e. The van der Waals surface area contributed by atoms with Gasteiger partial charge in [0.15, 0.2) is 0 Å². The van der Waals surface area contributed by atoms with E-state index in [1.54, 1.807) is 6.07 Å². The van der Waals surface area contributed by atoms with E-state index in [1.165, 1.54) is 11.1 Å². The lowest BCUT2D eigenvalue weighted by molar-refractivity contribution is 0.296. The van der Waals surface area contributed by atoms with Crippen molar-refractivity contribution in [1.29, 1.82) is 0 Å². The number of ether oxygens (including phenoxy) is 1. The molecular formula is C14H19N3O. The Kier molecular flexibility index (Phi) is 3.87. The molecule has 0 aliphatic heterocycles. The van der Waals surface area contributed by atoms with Gasteiger partial charge in [-0.3, -0.25) is 4.68 Å². The minimum atomic E-state index is 0.561. The van der Waals surface area contributed by atoms with Gasteiger partial charge >= 0.3 is 0 Å². The van der Waals surface area contributed by atoms with Gasteiger partial charge < -0.3 is 10.5 Å². The van der Waals surface area contributed by atoms with Crippen LogP contribution in [0.25, 0.3) is 0 Å². The van der Waals surface area contributed by atoms with Gasteiger partial charge in [0.1, 0.15) is 11.6 Å². The number of nitrogens with two attached hydrogens (primary N) is 1. The molecule has 0 atom stereocenters. The molecule has 0 bridgehead atoms. The summed E-state index contributed by atoms with van der Waals surface area (Å²) >= 11 is 0. The van der Waals surface area contributed by atoms with Gasteiger partial charge in [-0.1, -0.05) is 12.1 Å². The molecule has 2 N–H and O–H groups in total. The number of benzene rings is 1. The zero-order valence-electron chi connectivity index (χ0n) is 10.9. The number of hydrogen-bond donors (Lipinski definition) is 1. The monoisotopic (exact) mass is 245 g/mol. The molecule has 4 nitrogen and oxygen atoms in total. The first-order chi connectivity index (χ1) is 8.66. The van der Waals surface area contributed by atoms with Crippen molar-refractivity contribution in [2.24, 2.45) is 0 Å². The zero-order valence-corrected chi connectivity index (χ0v) is 10.9. The highest BCUT2D eigenvalue weighted by Gasteiger charge is 2.01. The lowest BCUT2D eigenvalue weighted by atomic mass is 10.1. The molecule has 0 unspecified atom stereocenters. The molecule has 1 heterocycles. The van der Waals surface area contributed by atoms with Crippen molar-refractivity contribution in [2.75, 3.05) is 12.3 Å². The molecular weight excluding hydrogens is 226 g/mol. The molecule has 0 spiro atoms. The molecule has 0 aliphatic carbocycles. The first-order valence-electron chi connectivity index (χ1n) is 6.15. The molecule has 0 saturated carbocycles. The third kappa shape index (κ3) is 3.03. The van der Waals surface area contributed by atoms with E-state index in [4.69, 9.17) is 10.5 Å². The summed E-state index contributed by atoms with van der Waals surface area (Å²) < 4.78 is 7.61. The number of nitrogens with zero attached hydrogens (tertiary/aromatic N) is 2. The number of anilines is 1. The maximum atomic E-state index is 5.77. The second kappa shape index (κ2) is 5.58. The van der Waals surface area contributed by atoms with E-state index in [2.05, 4.69) is 25.0 Å². The number of nitrogen functional groups attached to an aromatic ring is 1. The summed E-state index contributed by atoms with van der Waals surface area (Å²) in [7, 11) is 0. The van der Waals surface area contributed by atoms with Crippen molar-refractivity contribution >= 4 is 5.82 Å². The van der Waals surface area contributed by atoms with Crippen molar-refractivity contribution < 1.29 is 4.74 Å². The SMILES string of the molecule is Cc1cccc(OCCCn2ccc(N)n2)c1C. The van der Waals surface area contributed by atoms with Crippen LogP contribution in [0.4, 0.5) is 5.82 Å². The van der Waals surface area contributed by atoms with Crippen LogP contribution in [0.3, 0.4) is 0 Å². The lowest BCUT2D eigenvalue weighted by Gasteiger charge is -2.10. The van der Waals surface area contributed by atoms with Crippen molar-refractivity contribution in [3.8, 4) is 5.75 Å². The van der Waals surface area contributed by atoms with Crippen molar-refractivity contribution in [3.63, 3.8) is 0 Å². The Morgan fingerprint density at radius 2 is 2.11 bits per heavy atom. The minimum absolute atomic E-state index is 0.561. The summed E-state index contributed by atoms with van der Waals surface area (Å²) in [5, 5.41) is 4.13. The molecule has 2 aromatic rings. The number of aryl methyl sites for hydroxylation is 2. The predicted octanol–water partition coefficient (Wildman–Crippen LogP) is 2.55. The molecule has 0 aliphatic rings. The van der Waals surface area contributed by atoms with Crippen LogP contribution >= 0.6 is 0 Å². The van der Waals surface area contributed by atoms with E-state index in [0.29, 0.717) is 12.4 Å². The van der Waals surface area contributed by atoms with Crippen LogP contribution in [0.1, 0.15) is 17.5 Å². The number of rotatable bonds is 5. The standard InChI is InChI=1S/C14H19N3O/c1-11-5-3-6-13(12(11)2)18-10-4-8-17-9-7-14(15)16-17/h3,5-7,9H,4,8,10H2,1-2H3,(H2,15,16). The summed E-state index contributed by atoms with van der Waals surface area (Å²) in [5.74, 6) is 1.53. The summed E-state index contributed by atoms with van der Waals surface area (Å²) in [5.41, 5.74) is 8.01. The highest BCUT2D eigenvalue weighted by molar-refractivity contribution is 5.38. The van der Waals surface area contributed by atoms with Crippen molar-refractivity contribution in [2.45, 2.75) is 26.8 Å². The Balaban J connectivity index is 1.80. The van der Waals surface area contributed by atoms with E-state index in [-0.39, 0.29) is 0 Å². The van der Waals surface area contributed by atoms with Crippen LogP contribution in [0.5, 0.6) is 5.75 Å². The fraction of sp³-hybridized carbons (Fsp3) is 0.357. The fourth-order valence-electron chi connectivity index (χ4n) is 1.79. The molecule has 96 valence electrons. The highest BCUT2D eigenvalue weighted by atomic mass is 16.5. The van der Waals surface area contributed by atoms with Gasteiger partial charge in [-0.05, 0) is 37.1 Å². The van der Waals surface area contributed by atoms with Gasteiger partial charge in [0.05, 0.1) is 6.61 Å². The maximum absolute atomic E-state index is 5.77. The Morgan fingerprint density at radius 3 is 2.83 bits per heavy atom. The Labute approximate surface area is 107 Å². The van der Waals surface area contributed by atoms with Crippen LogP contribution in [-0.4, -0.2) is 16.4 Å². The van der Waals surface area contributed by atoms with E-state index in [1.807, 2.05) is 23.0 Å². The topological polar surface area (TPSA) is 53.1 Å². The van der Waals surface area contributed by atoms with Crippen LogP contribution in [0.15, 0.2) is 30.5 Å². The first-order valence-corrected chi connectivity index (χ1v) is 6.15. The van der Waals surface area contributed by atoms with Crippen molar-refractivity contribution in [1.82, 2.24) is 9.78 Å². The van der Waals surface area contributed by atoms with Crippen LogP contribution < -0.4 is 10.5 Å². The smallest absolute Gasteiger partial charge is 0.145 e. The highest BCUT2D eigenvalue weighted by Crippen LogP contribution is 2.20. The second-order valence-electron chi connectivity index (χ2n) is 4.40. The maximum Gasteiger partial charge on any atom is 0.145 e. The average Bonchev–Trinajstić information content (AvgIpc) is 2.76. The third-order valence-electron chi connectivity index (χ3n) is 3.01. The lowest BCUT2D eigenvalue weighted by Crippen LogP contribution is -2.06. The predicted molar refractivity (Wildman–Crippen MR) is 72.7 cm³/mol. The van der Waals surface area contributed by atoms with Crippen LogP contribution in [0, 0.1) is 13.8 Å². The average molecular weight is 245 g/mol. The minimum Gasteiger partial charge on any atom is -0.493 e. The molecule has 0 fully saturated rings. The third-order valence-corrected chi connectivity index (χ3v) is 3.01. The zero-order chi connectivity index (χ0) is 13.0. The number of aromatic nitrogens is 2. The Hall–Kier alpha value is -1.97. The summed E-state index contributed by atoms with van der Waals surface area (Å²) in [6.07, 6.45) is 2.79. The van der Waals surface area contributed by atoms with Gasteiger partial charge in [-0.15, -0.1) is 0 Å². The second-order valence-corrected chi connectivity index (χ2v) is 4.40. The Morgan fingerprint density at radius 1 is 1.28 bits per heavy atom. The van der Waals surface area contributed by atoms with Gasteiger partial charge in [-0.25, -0.2) is 0 Å². The fourth-order valence-corrected chi connectivity index (χ4v) is 1.79. The summed E-state index contributed by atoms with van der Waals surface area (Å²) in [4.78, 5) is 0. The van der Waals surface area contributed by atoms with Gasteiger partial charge in [0.25, 0.3) is 0 Å². The van der Waals surface area contributed by atoms with E-state index in [9.17, 15) is 0 Å². The number of hydrogen-bond acceptors (Lipinski definition) is 3. The Bertz CT molecular complexity index is 520. The molecule has 0 radical (unpaired) electrons. The summed E-state index contributed by atoms with van der Waals surface area (Å²) in [6.45, 7) is 5.68. The van der Waals surface area contributed by atoms with Crippen LogP contribution in [-0.2, 0) is 6.54 Å². The molecule has 18 heavy (non-hydrogen) atoms. The van der Waals surface area contributed by atoms with E-state index < -0.39 is 0 Å². The molecule has 2 rings (SSSR count). The normalized spacial score (nSPS) is 10.6. The first kappa shape index (κ1) is 12.5. The van der Waals surface area contributed by atoms with Gasteiger partial charge in [0.2, 0.25) is 0 Å². The molecule has 0 saturated heterocycles. The van der Waals surface area contributed by atoms with Crippen LogP contribution in [0.2, 0.25) is 0 Å². The molecule has 0 amide bonds. The molecule has 1 aromatic heterocycles. The molecule has 1 aromatic carbocycles. The van der Waals surface area contributed by atoms with E-state index >= 15 is 0 Å².